The number of anilines is 1. The van der Waals surface area contributed by atoms with Gasteiger partial charge in [0, 0.05) is 44.7 Å². The SMILES string of the molecule is CCCCOS(=O)(=O)c1c[c-]ccc1NNC.[Y]. The molecule has 0 saturated heterocycles. The van der Waals surface area contributed by atoms with Crippen LogP contribution in [0, 0.1) is 6.07 Å². The van der Waals surface area contributed by atoms with E-state index in [4.69, 9.17) is 4.18 Å². The van der Waals surface area contributed by atoms with Crippen molar-refractivity contribution in [3.63, 3.8) is 0 Å². The molecule has 1 aromatic rings. The fourth-order valence-electron chi connectivity index (χ4n) is 1.24. The Labute approximate surface area is 134 Å². The van der Waals surface area contributed by atoms with Gasteiger partial charge in [0.05, 0.1) is 6.61 Å². The Balaban J connectivity index is 0.00000289. The predicted octanol–water partition coefficient (Wildman–Crippen LogP) is 1.54. The molecule has 0 heterocycles. The molecule has 0 amide bonds. The Kier molecular flexibility index (Phi) is 8.98. The van der Waals surface area contributed by atoms with Gasteiger partial charge in [-0.1, -0.05) is 13.3 Å². The van der Waals surface area contributed by atoms with Crippen molar-refractivity contribution < 1.29 is 45.3 Å². The molecule has 0 bridgehead atoms. The molecule has 0 aliphatic carbocycles. The predicted molar refractivity (Wildman–Crippen MR) is 66.0 cm³/mol. The third kappa shape index (κ3) is 5.32. The van der Waals surface area contributed by atoms with Crippen molar-refractivity contribution in [2.45, 2.75) is 24.7 Å². The van der Waals surface area contributed by atoms with Gasteiger partial charge in [0.1, 0.15) is 0 Å². The molecule has 1 aromatic carbocycles. The number of hydrazine groups is 1. The third-order valence-corrected chi connectivity index (χ3v) is 3.44. The Morgan fingerprint density at radius 3 is 2.78 bits per heavy atom. The minimum atomic E-state index is -3.72. The Morgan fingerprint density at radius 2 is 2.17 bits per heavy atom. The average molecular weight is 346 g/mol. The van der Waals surface area contributed by atoms with Crippen LogP contribution < -0.4 is 10.9 Å². The molecule has 99 valence electrons. The van der Waals surface area contributed by atoms with Crippen LogP contribution >= 0.6 is 0 Å². The van der Waals surface area contributed by atoms with E-state index in [1.54, 1.807) is 19.2 Å². The summed E-state index contributed by atoms with van der Waals surface area (Å²) in [6.45, 7) is 2.17. The summed E-state index contributed by atoms with van der Waals surface area (Å²) in [6, 6.07) is 7.37. The molecule has 0 atom stereocenters. The molecule has 1 rings (SSSR count). The smallest absolute Gasteiger partial charge is 0.251 e. The molecule has 0 aromatic heterocycles. The minimum Gasteiger partial charge on any atom is -0.345 e. The number of benzene rings is 1. The van der Waals surface area contributed by atoms with Gasteiger partial charge in [0.15, 0.2) is 0 Å². The van der Waals surface area contributed by atoms with Crippen LogP contribution in [0.15, 0.2) is 23.1 Å². The van der Waals surface area contributed by atoms with Crippen molar-refractivity contribution in [2.75, 3.05) is 19.1 Å². The summed E-state index contributed by atoms with van der Waals surface area (Å²) < 4.78 is 28.7. The van der Waals surface area contributed by atoms with E-state index >= 15 is 0 Å². The number of nitrogens with one attached hydrogen (secondary N) is 2. The van der Waals surface area contributed by atoms with Crippen molar-refractivity contribution in [3.05, 3.63) is 24.3 Å². The van der Waals surface area contributed by atoms with Crippen LogP contribution in [0.1, 0.15) is 19.8 Å². The first-order valence-corrected chi connectivity index (χ1v) is 6.85. The van der Waals surface area contributed by atoms with Crippen LogP contribution in [0.2, 0.25) is 0 Å². The topological polar surface area (TPSA) is 67.4 Å². The van der Waals surface area contributed by atoms with Crippen molar-refractivity contribution in [1.29, 1.82) is 0 Å². The Hall–Kier alpha value is -0.00610. The van der Waals surface area contributed by atoms with Gasteiger partial charge in [-0.3, -0.25) is 4.18 Å². The van der Waals surface area contributed by atoms with Gasteiger partial charge in [0.2, 0.25) is 0 Å². The van der Waals surface area contributed by atoms with Crippen LogP contribution in [-0.4, -0.2) is 22.1 Å². The second-order valence-corrected chi connectivity index (χ2v) is 5.01. The van der Waals surface area contributed by atoms with Gasteiger partial charge in [-0.15, -0.1) is 6.07 Å². The fraction of sp³-hybridized carbons (Fsp3) is 0.455. The quantitative estimate of drug-likeness (QED) is 0.339. The van der Waals surface area contributed by atoms with E-state index in [-0.39, 0.29) is 44.2 Å². The summed E-state index contributed by atoms with van der Waals surface area (Å²) in [4.78, 5) is 0.0884. The maximum Gasteiger partial charge on any atom is 0.251 e. The second kappa shape index (κ2) is 8.99. The molecule has 5 nitrogen and oxygen atoms in total. The molecule has 0 aliphatic rings. The molecular weight excluding hydrogens is 329 g/mol. The zero-order valence-corrected chi connectivity index (χ0v) is 14.2. The molecule has 7 heteroatoms. The van der Waals surface area contributed by atoms with E-state index in [0.29, 0.717) is 12.1 Å². The van der Waals surface area contributed by atoms with Crippen molar-refractivity contribution in [3.8, 4) is 0 Å². The van der Waals surface area contributed by atoms with Crippen LogP contribution in [0.4, 0.5) is 5.69 Å². The molecule has 0 saturated carbocycles. The average Bonchev–Trinajstić information content (AvgIpc) is 2.30. The molecule has 0 unspecified atom stereocenters. The second-order valence-electron chi connectivity index (χ2n) is 3.43. The van der Waals surface area contributed by atoms with Crippen LogP contribution in [0.25, 0.3) is 0 Å². The van der Waals surface area contributed by atoms with Crippen LogP contribution in [0.5, 0.6) is 0 Å². The number of unbranched alkanes of at least 4 members (excludes halogenated alkanes) is 1. The number of rotatable bonds is 7. The summed E-state index contributed by atoms with van der Waals surface area (Å²) >= 11 is 0. The van der Waals surface area contributed by atoms with E-state index in [1.807, 2.05) is 6.92 Å². The first-order chi connectivity index (χ1) is 8.11. The molecule has 18 heavy (non-hydrogen) atoms. The summed E-state index contributed by atoms with van der Waals surface area (Å²) in [5.41, 5.74) is 5.87. The standard InChI is InChI=1S/C11H17N2O3S.Y/c1-3-4-9-16-17(14,15)11-8-6-5-7-10(11)13-12-2;/h5,7-8,12-13H,3-4,9H2,1-2H3;/q-1;. The van der Waals surface area contributed by atoms with E-state index in [9.17, 15) is 8.42 Å². The molecule has 2 N–H and O–H groups in total. The minimum absolute atomic E-state index is 0. The summed E-state index contributed by atoms with van der Waals surface area (Å²) in [7, 11) is -2.06. The molecular formula is C11H17N2O3SY-. The summed E-state index contributed by atoms with van der Waals surface area (Å²) in [6.07, 6.45) is 1.60. The molecule has 0 aliphatic heterocycles. The van der Waals surface area contributed by atoms with E-state index < -0.39 is 10.1 Å². The zero-order chi connectivity index (χ0) is 12.7. The summed E-state index contributed by atoms with van der Waals surface area (Å²) in [5.74, 6) is 0. The Morgan fingerprint density at radius 1 is 1.44 bits per heavy atom. The molecule has 0 fully saturated rings. The van der Waals surface area contributed by atoms with Crippen molar-refractivity contribution in [2.24, 2.45) is 0 Å². The van der Waals surface area contributed by atoms with Gasteiger partial charge in [-0.2, -0.15) is 18.2 Å². The third-order valence-electron chi connectivity index (χ3n) is 2.09. The van der Waals surface area contributed by atoms with Gasteiger partial charge >= 0.3 is 0 Å². The van der Waals surface area contributed by atoms with Gasteiger partial charge in [-0.05, 0) is 12.1 Å². The van der Waals surface area contributed by atoms with E-state index in [1.165, 1.54) is 6.07 Å². The van der Waals surface area contributed by atoms with E-state index in [2.05, 4.69) is 16.9 Å². The zero-order valence-electron chi connectivity index (χ0n) is 10.6. The maximum atomic E-state index is 11.9. The molecule has 1 radical (unpaired) electrons. The van der Waals surface area contributed by atoms with Crippen molar-refractivity contribution in [1.82, 2.24) is 5.43 Å². The van der Waals surface area contributed by atoms with Gasteiger partial charge < -0.3 is 5.43 Å². The first kappa shape index (κ1) is 18.0. The monoisotopic (exact) mass is 346 g/mol. The maximum absolute atomic E-state index is 11.9. The first-order valence-electron chi connectivity index (χ1n) is 5.44. The van der Waals surface area contributed by atoms with Gasteiger partial charge in [-0.25, -0.2) is 13.8 Å². The molecule has 0 spiro atoms. The van der Waals surface area contributed by atoms with Gasteiger partial charge in [0.25, 0.3) is 10.1 Å². The fourth-order valence-corrected chi connectivity index (χ4v) is 2.30. The van der Waals surface area contributed by atoms with Crippen LogP contribution in [0.3, 0.4) is 0 Å². The summed E-state index contributed by atoms with van der Waals surface area (Å²) in [5, 5.41) is 0. The van der Waals surface area contributed by atoms with E-state index in [0.717, 1.165) is 6.42 Å². The normalized spacial score (nSPS) is 10.8. The number of hydrogen-bond donors (Lipinski definition) is 2. The number of hydrogen-bond acceptors (Lipinski definition) is 5. The van der Waals surface area contributed by atoms with Crippen LogP contribution in [-0.2, 0) is 47.0 Å². The van der Waals surface area contributed by atoms with Crippen molar-refractivity contribution >= 4 is 15.8 Å². The largest absolute Gasteiger partial charge is 0.345 e. The Bertz CT molecular complexity index is 451.